The smallest absolute Gasteiger partial charge is 0.271 e. The van der Waals surface area contributed by atoms with Gasteiger partial charge in [0.2, 0.25) is 0 Å². The molecule has 0 bridgehead atoms. The van der Waals surface area contributed by atoms with Crippen LogP contribution in [0, 0.1) is 0 Å². The van der Waals surface area contributed by atoms with Crippen LogP contribution in [0.2, 0.25) is 0 Å². The summed E-state index contributed by atoms with van der Waals surface area (Å²) in [4.78, 5) is 11.5. The normalized spacial score (nSPS) is 15.9. The molecule has 0 atom stereocenters. The predicted octanol–water partition coefficient (Wildman–Crippen LogP) is 1.43. The number of H-pyrrole nitrogens is 1. The zero-order chi connectivity index (χ0) is 10.1. The number of nitrogens with one attached hydrogen (secondary N) is 2. The molecule has 0 saturated heterocycles. The molecule has 76 valence electrons. The topological polar surface area (TPSA) is 57.8 Å². The van der Waals surface area contributed by atoms with Gasteiger partial charge >= 0.3 is 0 Å². The van der Waals surface area contributed by atoms with Crippen LogP contribution in [0.4, 0.5) is 0 Å². The van der Waals surface area contributed by atoms with Crippen molar-refractivity contribution < 1.29 is 4.79 Å². The van der Waals surface area contributed by atoms with E-state index in [4.69, 9.17) is 0 Å². The van der Waals surface area contributed by atoms with Crippen molar-refractivity contribution in [1.82, 2.24) is 15.5 Å². The Morgan fingerprint density at radius 2 is 2.36 bits per heavy atom. The van der Waals surface area contributed by atoms with Crippen molar-refractivity contribution in [2.45, 2.75) is 38.6 Å². The SMILES string of the molecule is CC(C)NC(=O)c1cc(C2CC2)[nH]n1. The Kier molecular flexibility index (Phi) is 2.27. The zero-order valence-electron chi connectivity index (χ0n) is 8.50. The zero-order valence-corrected chi connectivity index (χ0v) is 8.50. The molecule has 0 unspecified atom stereocenters. The lowest BCUT2D eigenvalue weighted by molar-refractivity contribution is 0.0938. The van der Waals surface area contributed by atoms with Crippen molar-refractivity contribution in [1.29, 1.82) is 0 Å². The Morgan fingerprint density at radius 3 is 2.93 bits per heavy atom. The van der Waals surface area contributed by atoms with Crippen LogP contribution >= 0.6 is 0 Å². The van der Waals surface area contributed by atoms with E-state index in [0.717, 1.165) is 5.69 Å². The molecule has 1 saturated carbocycles. The first-order chi connectivity index (χ1) is 6.66. The standard InChI is InChI=1S/C10H15N3O/c1-6(2)11-10(14)9-5-8(12-13-9)7-3-4-7/h5-7H,3-4H2,1-2H3,(H,11,14)(H,12,13). The lowest BCUT2D eigenvalue weighted by Gasteiger charge is -2.04. The fourth-order valence-electron chi connectivity index (χ4n) is 1.39. The number of rotatable bonds is 3. The van der Waals surface area contributed by atoms with Gasteiger partial charge in [0.05, 0.1) is 0 Å². The molecule has 0 radical (unpaired) electrons. The second-order valence-electron chi connectivity index (χ2n) is 4.11. The number of aromatic amines is 1. The Balaban J connectivity index is 2.04. The minimum atomic E-state index is -0.0943. The summed E-state index contributed by atoms with van der Waals surface area (Å²) in [6.45, 7) is 3.87. The third kappa shape index (κ3) is 1.95. The average Bonchev–Trinajstić information content (AvgIpc) is 2.82. The van der Waals surface area contributed by atoms with E-state index in [1.54, 1.807) is 0 Å². The first kappa shape index (κ1) is 9.24. The average molecular weight is 193 g/mol. The van der Waals surface area contributed by atoms with Gasteiger partial charge in [0.15, 0.2) is 0 Å². The van der Waals surface area contributed by atoms with Gasteiger partial charge in [-0.2, -0.15) is 5.10 Å². The predicted molar refractivity (Wildman–Crippen MR) is 53.2 cm³/mol. The molecule has 14 heavy (non-hydrogen) atoms. The fourth-order valence-corrected chi connectivity index (χ4v) is 1.39. The van der Waals surface area contributed by atoms with Gasteiger partial charge in [0.25, 0.3) is 5.91 Å². The largest absolute Gasteiger partial charge is 0.348 e. The maximum Gasteiger partial charge on any atom is 0.271 e. The van der Waals surface area contributed by atoms with Crippen molar-refractivity contribution in [3.63, 3.8) is 0 Å². The van der Waals surface area contributed by atoms with Crippen LogP contribution in [0.5, 0.6) is 0 Å². The van der Waals surface area contributed by atoms with Gasteiger partial charge in [-0.05, 0) is 32.8 Å². The molecule has 1 amide bonds. The summed E-state index contributed by atoms with van der Waals surface area (Å²) >= 11 is 0. The van der Waals surface area contributed by atoms with Gasteiger partial charge < -0.3 is 5.32 Å². The highest BCUT2D eigenvalue weighted by atomic mass is 16.2. The Morgan fingerprint density at radius 1 is 1.64 bits per heavy atom. The molecule has 2 N–H and O–H groups in total. The van der Waals surface area contributed by atoms with E-state index in [1.165, 1.54) is 12.8 Å². The minimum absolute atomic E-state index is 0.0943. The van der Waals surface area contributed by atoms with Crippen molar-refractivity contribution >= 4 is 5.91 Å². The summed E-state index contributed by atoms with van der Waals surface area (Å²) in [6, 6.07) is 2.01. The molecule has 0 spiro atoms. The molecule has 1 aromatic heterocycles. The van der Waals surface area contributed by atoms with Crippen LogP contribution < -0.4 is 5.32 Å². The molecule has 1 aliphatic carbocycles. The lowest BCUT2D eigenvalue weighted by Crippen LogP contribution is -2.30. The first-order valence-electron chi connectivity index (χ1n) is 5.03. The summed E-state index contributed by atoms with van der Waals surface area (Å²) < 4.78 is 0. The highest BCUT2D eigenvalue weighted by Crippen LogP contribution is 2.38. The van der Waals surface area contributed by atoms with E-state index in [2.05, 4.69) is 15.5 Å². The second-order valence-corrected chi connectivity index (χ2v) is 4.11. The van der Waals surface area contributed by atoms with E-state index >= 15 is 0 Å². The highest BCUT2D eigenvalue weighted by Gasteiger charge is 2.26. The van der Waals surface area contributed by atoms with Crippen molar-refractivity contribution in [3.05, 3.63) is 17.5 Å². The Hall–Kier alpha value is -1.32. The van der Waals surface area contributed by atoms with E-state index < -0.39 is 0 Å². The lowest BCUT2D eigenvalue weighted by atomic mass is 10.2. The summed E-state index contributed by atoms with van der Waals surface area (Å²) in [5, 5.41) is 9.71. The first-order valence-corrected chi connectivity index (χ1v) is 5.03. The minimum Gasteiger partial charge on any atom is -0.348 e. The van der Waals surface area contributed by atoms with Gasteiger partial charge in [-0.15, -0.1) is 0 Å². The molecule has 4 heteroatoms. The third-order valence-electron chi connectivity index (χ3n) is 2.27. The number of carbonyl (C=O) groups excluding carboxylic acids is 1. The van der Waals surface area contributed by atoms with Crippen molar-refractivity contribution in [2.24, 2.45) is 0 Å². The monoisotopic (exact) mass is 193 g/mol. The van der Waals surface area contributed by atoms with Crippen molar-refractivity contribution in [2.75, 3.05) is 0 Å². The van der Waals surface area contributed by atoms with Gasteiger partial charge in [0.1, 0.15) is 5.69 Å². The van der Waals surface area contributed by atoms with Crippen LogP contribution in [0.3, 0.4) is 0 Å². The summed E-state index contributed by atoms with van der Waals surface area (Å²) in [5.41, 5.74) is 1.60. The number of hydrogen-bond donors (Lipinski definition) is 2. The Bertz CT molecular complexity index is 339. The second kappa shape index (κ2) is 3.44. The van der Waals surface area contributed by atoms with Crippen LogP contribution in [0.1, 0.15) is 48.8 Å². The molecule has 0 aliphatic heterocycles. The summed E-state index contributed by atoms with van der Waals surface area (Å²) in [5.74, 6) is 0.520. The molecule has 2 rings (SSSR count). The summed E-state index contributed by atoms with van der Waals surface area (Å²) in [7, 11) is 0. The highest BCUT2D eigenvalue weighted by molar-refractivity contribution is 5.92. The number of hydrogen-bond acceptors (Lipinski definition) is 2. The van der Waals surface area contributed by atoms with Crippen LogP contribution in [0.25, 0.3) is 0 Å². The van der Waals surface area contributed by atoms with Crippen LogP contribution in [-0.4, -0.2) is 22.1 Å². The van der Waals surface area contributed by atoms with E-state index in [1.807, 2.05) is 19.9 Å². The van der Waals surface area contributed by atoms with Gasteiger partial charge in [0, 0.05) is 17.7 Å². The van der Waals surface area contributed by atoms with E-state index in [0.29, 0.717) is 11.6 Å². The third-order valence-corrected chi connectivity index (χ3v) is 2.27. The quantitative estimate of drug-likeness (QED) is 0.762. The molecular formula is C10H15N3O. The van der Waals surface area contributed by atoms with Crippen LogP contribution in [-0.2, 0) is 0 Å². The van der Waals surface area contributed by atoms with Gasteiger partial charge in [-0.3, -0.25) is 9.89 Å². The van der Waals surface area contributed by atoms with E-state index in [9.17, 15) is 4.79 Å². The molecule has 0 aromatic carbocycles. The number of aromatic nitrogens is 2. The summed E-state index contributed by atoms with van der Waals surface area (Å²) in [6.07, 6.45) is 2.43. The number of carbonyl (C=O) groups is 1. The van der Waals surface area contributed by atoms with Crippen molar-refractivity contribution in [3.8, 4) is 0 Å². The fraction of sp³-hybridized carbons (Fsp3) is 0.600. The molecular weight excluding hydrogens is 178 g/mol. The molecule has 1 heterocycles. The van der Waals surface area contributed by atoms with Gasteiger partial charge in [-0.25, -0.2) is 0 Å². The number of nitrogens with zero attached hydrogens (tertiary/aromatic N) is 1. The van der Waals surface area contributed by atoms with Gasteiger partial charge in [-0.1, -0.05) is 0 Å². The van der Waals surface area contributed by atoms with Crippen LogP contribution in [0.15, 0.2) is 6.07 Å². The van der Waals surface area contributed by atoms with E-state index in [-0.39, 0.29) is 11.9 Å². The molecule has 1 aliphatic rings. The maximum absolute atomic E-state index is 11.5. The number of amides is 1. The molecule has 1 aromatic rings. The Labute approximate surface area is 83.1 Å². The molecule has 4 nitrogen and oxygen atoms in total. The molecule has 1 fully saturated rings. The maximum atomic E-state index is 11.5.